The van der Waals surface area contributed by atoms with Crippen molar-refractivity contribution in [2.45, 2.75) is 6.92 Å². The van der Waals surface area contributed by atoms with Crippen molar-refractivity contribution in [1.29, 1.82) is 0 Å². The summed E-state index contributed by atoms with van der Waals surface area (Å²) in [4.78, 5) is 4.60. The fourth-order valence-corrected chi connectivity index (χ4v) is 2.93. The van der Waals surface area contributed by atoms with Gasteiger partial charge in [-0.25, -0.2) is 4.39 Å². The topological polar surface area (TPSA) is 12.9 Å². The van der Waals surface area contributed by atoms with E-state index in [-0.39, 0.29) is 5.82 Å². The zero-order chi connectivity index (χ0) is 13.4. The Morgan fingerprint density at radius 3 is 2.42 bits per heavy atom. The highest BCUT2D eigenvalue weighted by atomic mass is 127. The maximum atomic E-state index is 13.1. The van der Waals surface area contributed by atoms with Crippen LogP contribution in [0.3, 0.4) is 0 Å². The van der Waals surface area contributed by atoms with Crippen molar-refractivity contribution in [3.63, 3.8) is 0 Å². The number of nitrogens with zero attached hydrogens (tertiary/aromatic N) is 1. The van der Waals surface area contributed by atoms with Crippen LogP contribution in [0.15, 0.2) is 48.5 Å². The second-order valence-corrected chi connectivity index (χ2v) is 5.49. The van der Waals surface area contributed by atoms with Gasteiger partial charge in [-0.05, 0) is 53.3 Å². The van der Waals surface area contributed by atoms with Gasteiger partial charge in [-0.15, -0.1) is 0 Å². The van der Waals surface area contributed by atoms with Crippen LogP contribution in [-0.2, 0) is 0 Å². The summed E-state index contributed by atoms with van der Waals surface area (Å²) in [6.07, 6.45) is 0. The lowest BCUT2D eigenvalue weighted by Gasteiger charge is -2.11. The predicted octanol–water partition coefficient (Wildman–Crippen LogP) is 4.95. The van der Waals surface area contributed by atoms with Gasteiger partial charge in [-0.2, -0.15) is 0 Å². The molecule has 0 aliphatic heterocycles. The molecule has 0 radical (unpaired) electrons. The Kier molecular flexibility index (Phi) is 3.22. The molecule has 94 valence electrons. The standard InChI is InChI=1S/C16H11FIN/c1-10-16(18)15(11-6-8-12(17)9-7-11)13-4-2-3-5-14(13)19-10/h2-9H,1H3. The SMILES string of the molecule is Cc1nc2ccccc2c(-c2ccc(F)cc2)c1I. The van der Waals surface area contributed by atoms with E-state index < -0.39 is 0 Å². The fraction of sp³-hybridized carbons (Fsp3) is 0.0625. The van der Waals surface area contributed by atoms with E-state index in [1.54, 1.807) is 0 Å². The predicted molar refractivity (Wildman–Crippen MR) is 84.6 cm³/mol. The fourth-order valence-electron chi connectivity index (χ4n) is 2.21. The highest BCUT2D eigenvalue weighted by Crippen LogP contribution is 2.33. The van der Waals surface area contributed by atoms with Crippen LogP contribution in [0.5, 0.6) is 0 Å². The molecule has 0 bridgehead atoms. The molecule has 3 rings (SSSR count). The molecule has 1 aromatic heterocycles. The lowest BCUT2D eigenvalue weighted by Crippen LogP contribution is -1.94. The van der Waals surface area contributed by atoms with E-state index in [0.717, 1.165) is 31.3 Å². The molecule has 0 aliphatic carbocycles. The highest BCUT2D eigenvalue weighted by molar-refractivity contribution is 14.1. The number of aromatic nitrogens is 1. The molecule has 0 N–H and O–H groups in total. The first-order valence-corrected chi connectivity index (χ1v) is 7.05. The Hall–Kier alpha value is -1.49. The Balaban J connectivity index is 2.38. The number of pyridine rings is 1. The Morgan fingerprint density at radius 2 is 1.68 bits per heavy atom. The van der Waals surface area contributed by atoms with Crippen LogP contribution in [0.1, 0.15) is 5.69 Å². The quantitative estimate of drug-likeness (QED) is 0.558. The maximum absolute atomic E-state index is 13.1. The van der Waals surface area contributed by atoms with Gasteiger partial charge >= 0.3 is 0 Å². The zero-order valence-corrected chi connectivity index (χ0v) is 12.5. The summed E-state index contributed by atoms with van der Waals surface area (Å²) < 4.78 is 14.2. The average molecular weight is 363 g/mol. The summed E-state index contributed by atoms with van der Waals surface area (Å²) in [6.45, 7) is 2.00. The van der Waals surface area contributed by atoms with Crippen molar-refractivity contribution in [1.82, 2.24) is 4.98 Å². The summed E-state index contributed by atoms with van der Waals surface area (Å²) in [5, 5.41) is 1.10. The van der Waals surface area contributed by atoms with Crippen molar-refractivity contribution < 1.29 is 4.39 Å². The van der Waals surface area contributed by atoms with E-state index in [4.69, 9.17) is 0 Å². The summed E-state index contributed by atoms with van der Waals surface area (Å²) >= 11 is 2.31. The molecule has 1 heterocycles. The molecular weight excluding hydrogens is 352 g/mol. The van der Waals surface area contributed by atoms with E-state index >= 15 is 0 Å². The van der Waals surface area contributed by atoms with E-state index in [9.17, 15) is 4.39 Å². The van der Waals surface area contributed by atoms with Gasteiger partial charge in [0.05, 0.1) is 11.2 Å². The first-order chi connectivity index (χ1) is 9.16. The Bertz CT molecular complexity index is 751. The lowest BCUT2D eigenvalue weighted by atomic mass is 10.0. The normalized spacial score (nSPS) is 10.9. The summed E-state index contributed by atoms with van der Waals surface area (Å²) in [5.74, 6) is -0.214. The van der Waals surface area contributed by atoms with Gasteiger partial charge < -0.3 is 0 Å². The first kappa shape index (κ1) is 12.5. The number of hydrogen-bond acceptors (Lipinski definition) is 1. The van der Waals surface area contributed by atoms with Gasteiger partial charge in [0, 0.05) is 14.5 Å². The monoisotopic (exact) mass is 363 g/mol. The number of para-hydroxylation sites is 1. The number of halogens is 2. The van der Waals surface area contributed by atoms with Crippen LogP contribution in [0.2, 0.25) is 0 Å². The van der Waals surface area contributed by atoms with E-state index in [2.05, 4.69) is 33.6 Å². The van der Waals surface area contributed by atoms with Gasteiger partial charge in [0.2, 0.25) is 0 Å². The molecule has 0 aliphatic rings. The maximum Gasteiger partial charge on any atom is 0.123 e. The van der Waals surface area contributed by atoms with E-state index in [0.29, 0.717) is 0 Å². The Morgan fingerprint density at radius 1 is 1.00 bits per heavy atom. The molecule has 0 saturated heterocycles. The molecule has 0 saturated carbocycles. The number of hydrogen-bond donors (Lipinski definition) is 0. The third kappa shape index (κ3) is 2.23. The number of aryl methyl sites for hydroxylation is 1. The second-order valence-electron chi connectivity index (χ2n) is 4.41. The summed E-state index contributed by atoms with van der Waals surface area (Å²) in [7, 11) is 0. The molecule has 0 spiro atoms. The van der Waals surface area contributed by atoms with E-state index in [1.807, 2.05) is 37.3 Å². The van der Waals surface area contributed by atoms with Crippen molar-refractivity contribution in [3.05, 3.63) is 63.6 Å². The highest BCUT2D eigenvalue weighted by Gasteiger charge is 2.12. The second kappa shape index (κ2) is 4.89. The number of rotatable bonds is 1. The lowest BCUT2D eigenvalue weighted by molar-refractivity contribution is 0.628. The molecule has 19 heavy (non-hydrogen) atoms. The third-order valence-corrected chi connectivity index (χ3v) is 4.45. The van der Waals surface area contributed by atoms with Gasteiger partial charge in [-0.1, -0.05) is 30.3 Å². The molecule has 1 nitrogen and oxygen atoms in total. The average Bonchev–Trinajstić information content (AvgIpc) is 2.42. The zero-order valence-electron chi connectivity index (χ0n) is 10.3. The minimum Gasteiger partial charge on any atom is -0.252 e. The van der Waals surface area contributed by atoms with Crippen molar-refractivity contribution >= 4 is 33.5 Å². The molecule has 3 heteroatoms. The molecule has 0 fully saturated rings. The van der Waals surface area contributed by atoms with Crippen LogP contribution in [0.25, 0.3) is 22.0 Å². The minimum absolute atomic E-state index is 0.214. The van der Waals surface area contributed by atoms with Gasteiger partial charge in [0.1, 0.15) is 5.82 Å². The van der Waals surface area contributed by atoms with Crippen molar-refractivity contribution in [3.8, 4) is 11.1 Å². The summed E-state index contributed by atoms with van der Waals surface area (Å²) in [5.41, 5.74) is 4.12. The number of benzene rings is 2. The van der Waals surface area contributed by atoms with Crippen LogP contribution >= 0.6 is 22.6 Å². The molecule has 0 atom stereocenters. The Labute approximate surface area is 124 Å². The van der Waals surface area contributed by atoms with E-state index in [1.165, 1.54) is 12.1 Å². The largest absolute Gasteiger partial charge is 0.252 e. The smallest absolute Gasteiger partial charge is 0.123 e. The molecule has 0 unspecified atom stereocenters. The third-order valence-electron chi connectivity index (χ3n) is 3.13. The first-order valence-electron chi connectivity index (χ1n) is 5.97. The molecule has 0 amide bonds. The van der Waals surface area contributed by atoms with Crippen LogP contribution in [-0.4, -0.2) is 4.98 Å². The van der Waals surface area contributed by atoms with Gasteiger partial charge in [-0.3, -0.25) is 4.98 Å². The van der Waals surface area contributed by atoms with Gasteiger partial charge in [0.15, 0.2) is 0 Å². The van der Waals surface area contributed by atoms with Crippen LogP contribution in [0.4, 0.5) is 4.39 Å². The van der Waals surface area contributed by atoms with Gasteiger partial charge in [0.25, 0.3) is 0 Å². The summed E-state index contributed by atoms with van der Waals surface area (Å²) in [6, 6.07) is 14.7. The van der Waals surface area contributed by atoms with Crippen molar-refractivity contribution in [2.24, 2.45) is 0 Å². The van der Waals surface area contributed by atoms with Crippen molar-refractivity contribution in [2.75, 3.05) is 0 Å². The minimum atomic E-state index is -0.214. The van der Waals surface area contributed by atoms with Crippen LogP contribution < -0.4 is 0 Å². The molecular formula is C16H11FIN. The number of fused-ring (bicyclic) bond motifs is 1. The van der Waals surface area contributed by atoms with Crippen LogP contribution in [0, 0.1) is 16.3 Å². The molecule has 2 aromatic carbocycles. The molecule has 3 aromatic rings.